The van der Waals surface area contributed by atoms with Gasteiger partial charge in [0.15, 0.2) is 23.0 Å². The van der Waals surface area contributed by atoms with Gasteiger partial charge in [0, 0.05) is 35.9 Å². The molecule has 0 saturated carbocycles. The highest BCUT2D eigenvalue weighted by molar-refractivity contribution is 6.33. The van der Waals surface area contributed by atoms with Crippen molar-refractivity contribution < 1.29 is 28.5 Å². The van der Waals surface area contributed by atoms with Crippen molar-refractivity contribution in [1.82, 2.24) is 9.97 Å². The Kier molecular flexibility index (Phi) is 10.9. The number of nitrogens with zero attached hydrogens (tertiary/aromatic N) is 2. The fourth-order valence-corrected chi connectivity index (χ4v) is 3.61. The second-order valence-corrected chi connectivity index (χ2v) is 8.50. The smallest absolute Gasteiger partial charge is 0.258 e. The Balaban J connectivity index is 0.000000220. The highest BCUT2D eigenvalue weighted by atomic mass is 35.5. The van der Waals surface area contributed by atoms with E-state index in [4.69, 9.17) is 42.1 Å². The van der Waals surface area contributed by atoms with Crippen molar-refractivity contribution in [2.75, 3.05) is 39.1 Å². The summed E-state index contributed by atoms with van der Waals surface area (Å²) in [5.74, 6) is 1.64. The quantitative estimate of drug-likeness (QED) is 0.241. The molecule has 0 fully saturated rings. The van der Waals surface area contributed by atoms with Gasteiger partial charge in [-0.05, 0) is 48.5 Å². The lowest BCUT2D eigenvalue weighted by Crippen LogP contribution is -2.13. The van der Waals surface area contributed by atoms with Crippen LogP contribution in [0.1, 0.15) is 20.7 Å². The second kappa shape index (κ2) is 14.6. The first kappa shape index (κ1) is 30.0. The van der Waals surface area contributed by atoms with Gasteiger partial charge in [0.2, 0.25) is 0 Å². The van der Waals surface area contributed by atoms with Crippen molar-refractivity contribution in [3.63, 3.8) is 0 Å². The normalized spacial score (nSPS) is 9.95. The monoisotopic (exact) mass is 584 g/mol. The van der Waals surface area contributed by atoms with E-state index >= 15 is 0 Å². The third-order valence-corrected chi connectivity index (χ3v) is 5.80. The van der Waals surface area contributed by atoms with Crippen molar-refractivity contribution in [3.8, 4) is 23.0 Å². The minimum atomic E-state index is -0.338. The summed E-state index contributed by atoms with van der Waals surface area (Å²) in [6.45, 7) is 0. The third kappa shape index (κ3) is 7.98. The average Bonchev–Trinajstić information content (AvgIpc) is 2.97. The Labute approximate surface area is 241 Å². The van der Waals surface area contributed by atoms with Crippen LogP contribution < -0.4 is 29.6 Å². The summed E-state index contributed by atoms with van der Waals surface area (Å²) >= 11 is 11.6. The number of aromatic nitrogens is 2. The maximum atomic E-state index is 12.1. The summed E-state index contributed by atoms with van der Waals surface area (Å²) in [4.78, 5) is 31.8. The summed E-state index contributed by atoms with van der Waals surface area (Å²) in [7, 11) is 6.16. The van der Waals surface area contributed by atoms with E-state index in [0.717, 1.165) is 0 Å². The zero-order valence-corrected chi connectivity index (χ0v) is 23.5. The first-order valence-corrected chi connectivity index (χ1v) is 12.3. The molecule has 4 aromatic rings. The average molecular weight is 585 g/mol. The number of ether oxygens (including phenoxy) is 4. The molecule has 0 bridgehead atoms. The van der Waals surface area contributed by atoms with E-state index in [-0.39, 0.29) is 17.0 Å². The summed E-state index contributed by atoms with van der Waals surface area (Å²) in [5.41, 5.74) is 1.91. The van der Waals surface area contributed by atoms with Crippen LogP contribution in [0.5, 0.6) is 23.0 Å². The molecule has 0 aliphatic carbocycles. The van der Waals surface area contributed by atoms with E-state index in [1.807, 2.05) is 0 Å². The molecule has 2 N–H and O–H groups in total. The van der Waals surface area contributed by atoms with Gasteiger partial charge in [-0.1, -0.05) is 23.2 Å². The molecule has 0 spiro atoms. The van der Waals surface area contributed by atoms with Gasteiger partial charge in [-0.2, -0.15) is 0 Å². The van der Waals surface area contributed by atoms with Crippen LogP contribution in [0.15, 0.2) is 73.1 Å². The van der Waals surface area contributed by atoms with Gasteiger partial charge in [0.25, 0.3) is 11.8 Å². The van der Waals surface area contributed by atoms with E-state index in [0.29, 0.717) is 50.7 Å². The number of methoxy groups -OCH3 is 4. The lowest BCUT2D eigenvalue weighted by atomic mass is 10.2. The van der Waals surface area contributed by atoms with Gasteiger partial charge in [0.1, 0.15) is 10.3 Å². The predicted octanol–water partition coefficient (Wildman–Crippen LogP) is 6.01. The topological polar surface area (TPSA) is 121 Å². The first-order chi connectivity index (χ1) is 19.3. The van der Waals surface area contributed by atoms with Gasteiger partial charge < -0.3 is 29.6 Å². The zero-order valence-electron chi connectivity index (χ0n) is 22.0. The Morgan fingerprint density at radius 2 is 1.23 bits per heavy atom. The molecular formula is C28H26Cl2N4O6. The molecule has 2 aromatic heterocycles. The number of benzene rings is 2. The highest BCUT2D eigenvalue weighted by Crippen LogP contribution is 2.31. The Morgan fingerprint density at radius 1 is 0.675 bits per heavy atom. The number of nitrogens with one attached hydrogen (secondary N) is 2. The largest absolute Gasteiger partial charge is 0.493 e. The number of carbonyl (C=O) groups is 2. The van der Waals surface area contributed by atoms with Crippen LogP contribution in [0, 0.1) is 0 Å². The Morgan fingerprint density at radius 3 is 1.70 bits per heavy atom. The Bertz CT molecular complexity index is 1470. The standard InChI is InChI=1S/2C14H13ClN2O3/c1-19-11-5-4-10(7-12(11)20-2)17-14(18)9-3-6-13(15)16-8-9;1-19-11-6-5-9(8-12(11)20-2)17-14(18)10-4-3-7-16-13(10)15/h2*3-8H,1-2H3,(H,17,18). The van der Waals surface area contributed by atoms with Gasteiger partial charge >= 0.3 is 0 Å². The lowest BCUT2D eigenvalue weighted by Gasteiger charge is -2.10. The van der Waals surface area contributed by atoms with Crippen molar-refractivity contribution in [2.45, 2.75) is 0 Å². The van der Waals surface area contributed by atoms with Crippen molar-refractivity contribution >= 4 is 46.4 Å². The van der Waals surface area contributed by atoms with Crippen LogP contribution in [0.4, 0.5) is 11.4 Å². The van der Waals surface area contributed by atoms with E-state index in [1.165, 1.54) is 26.6 Å². The van der Waals surface area contributed by atoms with Gasteiger partial charge in [0.05, 0.1) is 39.6 Å². The van der Waals surface area contributed by atoms with E-state index in [1.54, 1.807) is 74.9 Å². The number of halogens is 2. The number of hydrogen-bond acceptors (Lipinski definition) is 8. The minimum absolute atomic E-state index is 0.158. The molecular weight excluding hydrogens is 559 g/mol. The number of amides is 2. The number of rotatable bonds is 8. The van der Waals surface area contributed by atoms with Crippen LogP contribution in [0.2, 0.25) is 10.3 Å². The predicted molar refractivity (Wildman–Crippen MR) is 153 cm³/mol. The SMILES string of the molecule is COc1ccc(NC(=O)c2ccc(Cl)nc2)cc1OC.COc1ccc(NC(=O)c2cccnc2Cl)cc1OC. The maximum absolute atomic E-state index is 12.1. The van der Waals surface area contributed by atoms with Crippen molar-refractivity contribution in [3.05, 3.63) is 94.5 Å². The molecule has 208 valence electrons. The van der Waals surface area contributed by atoms with Gasteiger partial charge in [-0.3, -0.25) is 9.59 Å². The number of hydrogen-bond donors (Lipinski definition) is 2. The lowest BCUT2D eigenvalue weighted by molar-refractivity contribution is 0.101. The van der Waals surface area contributed by atoms with E-state index in [2.05, 4.69) is 20.6 Å². The van der Waals surface area contributed by atoms with Crippen LogP contribution in [-0.2, 0) is 0 Å². The molecule has 0 unspecified atom stereocenters. The van der Waals surface area contributed by atoms with Crippen LogP contribution in [0.3, 0.4) is 0 Å². The third-order valence-electron chi connectivity index (χ3n) is 5.28. The van der Waals surface area contributed by atoms with Gasteiger partial charge in [-0.15, -0.1) is 0 Å². The number of carbonyl (C=O) groups excluding carboxylic acids is 2. The molecule has 0 aliphatic rings. The molecule has 40 heavy (non-hydrogen) atoms. The highest BCUT2D eigenvalue weighted by Gasteiger charge is 2.13. The summed E-state index contributed by atoms with van der Waals surface area (Å²) in [6.07, 6.45) is 2.94. The number of pyridine rings is 2. The molecule has 0 atom stereocenters. The molecule has 2 heterocycles. The van der Waals surface area contributed by atoms with Crippen molar-refractivity contribution in [1.29, 1.82) is 0 Å². The summed E-state index contributed by atoms with van der Waals surface area (Å²) in [5, 5.41) is 5.97. The van der Waals surface area contributed by atoms with E-state index < -0.39 is 0 Å². The maximum Gasteiger partial charge on any atom is 0.258 e. The van der Waals surface area contributed by atoms with Gasteiger partial charge in [-0.25, -0.2) is 9.97 Å². The fourth-order valence-electron chi connectivity index (χ4n) is 3.30. The zero-order chi connectivity index (χ0) is 29.1. The molecule has 0 saturated heterocycles. The second-order valence-electron chi connectivity index (χ2n) is 7.76. The Hall–Kier alpha value is -4.54. The summed E-state index contributed by atoms with van der Waals surface area (Å²) in [6, 6.07) is 16.6. The molecule has 10 nitrogen and oxygen atoms in total. The first-order valence-electron chi connectivity index (χ1n) is 11.6. The van der Waals surface area contributed by atoms with Crippen molar-refractivity contribution in [2.24, 2.45) is 0 Å². The molecule has 2 aromatic carbocycles. The molecule has 2 amide bonds. The van der Waals surface area contributed by atoms with E-state index in [9.17, 15) is 9.59 Å². The molecule has 0 aliphatic heterocycles. The van der Waals surface area contributed by atoms with Crippen LogP contribution in [0.25, 0.3) is 0 Å². The van der Waals surface area contributed by atoms with Crippen LogP contribution in [-0.4, -0.2) is 50.2 Å². The minimum Gasteiger partial charge on any atom is -0.493 e. The fraction of sp³-hybridized carbons (Fsp3) is 0.143. The molecule has 0 radical (unpaired) electrons. The molecule has 4 rings (SSSR count). The number of anilines is 2. The van der Waals surface area contributed by atoms with Crippen LogP contribution >= 0.6 is 23.2 Å². The summed E-state index contributed by atoms with van der Waals surface area (Å²) < 4.78 is 20.6. The molecule has 12 heteroatoms.